The van der Waals surface area contributed by atoms with Crippen LogP contribution in [0.2, 0.25) is 0 Å². The van der Waals surface area contributed by atoms with Gasteiger partial charge in [-0.3, -0.25) is 9.78 Å². The van der Waals surface area contributed by atoms with Crippen LogP contribution in [0.3, 0.4) is 0 Å². The Morgan fingerprint density at radius 2 is 1.89 bits per heavy atom. The standard InChI is InChI=1S/C20H19N5O3/c26-19(7-6-14-4-2-1-3-5-14)24-11-16(12-24)25-13-18(22-23-25)17-10-15(20(27)28)8-9-21-17/h1-5,8-10,13,16H,6-7,11-12H2,(H,27,28). The predicted molar refractivity (Wildman–Crippen MR) is 101 cm³/mol. The van der Waals surface area contributed by atoms with E-state index in [4.69, 9.17) is 5.11 Å². The summed E-state index contributed by atoms with van der Waals surface area (Å²) < 4.78 is 1.71. The molecule has 0 spiro atoms. The summed E-state index contributed by atoms with van der Waals surface area (Å²) >= 11 is 0. The average molecular weight is 377 g/mol. The summed E-state index contributed by atoms with van der Waals surface area (Å²) in [7, 11) is 0. The molecule has 1 fully saturated rings. The Balaban J connectivity index is 1.33. The monoisotopic (exact) mass is 377 g/mol. The van der Waals surface area contributed by atoms with Crippen molar-refractivity contribution in [1.82, 2.24) is 24.9 Å². The van der Waals surface area contributed by atoms with Crippen LogP contribution in [0.4, 0.5) is 0 Å². The Morgan fingerprint density at radius 1 is 1.11 bits per heavy atom. The second kappa shape index (κ2) is 7.59. The van der Waals surface area contributed by atoms with Crippen LogP contribution >= 0.6 is 0 Å². The molecular weight excluding hydrogens is 358 g/mol. The van der Waals surface area contributed by atoms with Gasteiger partial charge in [0, 0.05) is 25.7 Å². The van der Waals surface area contributed by atoms with Crippen LogP contribution in [0, 0.1) is 0 Å². The van der Waals surface area contributed by atoms with Gasteiger partial charge >= 0.3 is 5.97 Å². The van der Waals surface area contributed by atoms with Gasteiger partial charge in [-0.25, -0.2) is 9.48 Å². The van der Waals surface area contributed by atoms with E-state index in [9.17, 15) is 9.59 Å². The fourth-order valence-corrected chi connectivity index (χ4v) is 3.16. The number of hydrogen-bond donors (Lipinski definition) is 1. The Bertz CT molecular complexity index is 996. The first-order chi connectivity index (χ1) is 13.6. The van der Waals surface area contributed by atoms with Crippen molar-refractivity contribution < 1.29 is 14.7 Å². The summed E-state index contributed by atoms with van der Waals surface area (Å²) in [6, 6.07) is 12.9. The van der Waals surface area contributed by atoms with Crippen LogP contribution < -0.4 is 0 Å². The third-order valence-corrected chi connectivity index (χ3v) is 4.84. The number of aryl methyl sites for hydroxylation is 1. The third-order valence-electron chi connectivity index (χ3n) is 4.84. The number of nitrogens with zero attached hydrogens (tertiary/aromatic N) is 5. The van der Waals surface area contributed by atoms with Crippen molar-refractivity contribution in [3.8, 4) is 11.4 Å². The molecule has 3 heterocycles. The molecule has 1 aliphatic heterocycles. The molecule has 8 nitrogen and oxygen atoms in total. The minimum Gasteiger partial charge on any atom is -0.478 e. The summed E-state index contributed by atoms with van der Waals surface area (Å²) in [5.41, 5.74) is 2.28. The topological polar surface area (TPSA) is 101 Å². The van der Waals surface area contributed by atoms with Crippen molar-refractivity contribution in [2.24, 2.45) is 0 Å². The molecule has 0 atom stereocenters. The number of pyridine rings is 1. The highest BCUT2D eigenvalue weighted by Gasteiger charge is 2.32. The van der Waals surface area contributed by atoms with Gasteiger partial charge in [-0.05, 0) is 24.1 Å². The molecular formula is C20H19N5O3. The van der Waals surface area contributed by atoms with Gasteiger partial charge in [-0.1, -0.05) is 35.5 Å². The average Bonchev–Trinajstić information content (AvgIpc) is 3.16. The third kappa shape index (κ3) is 3.75. The van der Waals surface area contributed by atoms with E-state index < -0.39 is 5.97 Å². The molecule has 142 valence electrons. The van der Waals surface area contributed by atoms with Crippen molar-refractivity contribution in [2.45, 2.75) is 18.9 Å². The SMILES string of the molecule is O=C(O)c1ccnc(-c2cn(C3CN(C(=O)CCc4ccccc4)C3)nn2)c1. The minimum atomic E-state index is -1.01. The summed E-state index contributed by atoms with van der Waals surface area (Å²) in [4.78, 5) is 29.4. The van der Waals surface area contributed by atoms with Crippen molar-refractivity contribution >= 4 is 11.9 Å². The van der Waals surface area contributed by atoms with Crippen LogP contribution in [-0.2, 0) is 11.2 Å². The molecule has 1 amide bonds. The highest BCUT2D eigenvalue weighted by Crippen LogP contribution is 2.23. The normalized spacial score (nSPS) is 13.9. The quantitative estimate of drug-likeness (QED) is 0.706. The molecule has 0 radical (unpaired) electrons. The van der Waals surface area contributed by atoms with Gasteiger partial charge in [0.05, 0.1) is 23.5 Å². The first kappa shape index (κ1) is 17.8. The molecule has 1 N–H and O–H groups in total. The fourth-order valence-electron chi connectivity index (χ4n) is 3.16. The van der Waals surface area contributed by atoms with Gasteiger partial charge in [0.25, 0.3) is 0 Å². The second-order valence-corrected chi connectivity index (χ2v) is 6.76. The lowest BCUT2D eigenvalue weighted by atomic mass is 10.1. The number of carboxylic acid groups (broad SMARTS) is 1. The zero-order chi connectivity index (χ0) is 19.5. The first-order valence-electron chi connectivity index (χ1n) is 9.03. The summed E-state index contributed by atoms with van der Waals surface area (Å²) in [5, 5.41) is 17.3. The molecule has 0 unspecified atom stereocenters. The number of carbonyl (C=O) groups excluding carboxylic acids is 1. The summed E-state index contributed by atoms with van der Waals surface area (Å²) in [6.07, 6.45) is 4.41. The Labute approximate surface area is 161 Å². The predicted octanol–water partition coefficient (Wildman–Crippen LogP) is 2.05. The van der Waals surface area contributed by atoms with Crippen LogP contribution in [0.5, 0.6) is 0 Å². The van der Waals surface area contributed by atoms with Gasteiger partial charge in [-0.2, -0.15) is 0 Å². The van der Waals surface area contributed by atoms with Gasteiger partial charge in [0.1, 0.15) is 5.69 Å². The van der Waals surface area contributed by atoms with E-state index >= 15 is 0 Å². The molecule has 0 aliphatic carbocycles. The number of benzene rings is 1. The molecule has 1 aliphatic rings. The van der Waals surface area contributed by atoms with Gasteiger partial charge in [0.15, 0.2) is 0 Å². The maximum atomic E-state index is 12.3. The zero-order valence-corrected chi connectivity index (χ0v) is 15.1. The number of carboxylic acids is 1. The largest absolute Gasteiger partial charge is 0.478 e. The van der Waals surface area contributed by atoms with E-state index in [-0.39, 0.29) is 17.5 Å². The van der Waals surface area contributed by atoms with Gasteiger partial charge < -0.3 is 10.0 Å². The van der Waals surface area contributed by atoms with Gasteiger partial charge in [-0.15, -0.1) is 5.10 Å². The Morgan fingerprint density at radius 3 is 2.64 bits per heavy atom. The van der Waals surface area contributed by atoms with E-state index in [1.165, 1.54) is 18.3 Å². The lowest BCUT2D eigenvalue weighted by Crippen LogP contribution is -2.50. The molecule has 1 saturated heterocycles. The highest BCUT2D eigenvalue weighted by atomic mass is 16.4. The Hall–Kier alpha value is -3.55. The number of aromatic carboxylic acids is 1. The van der Waals surface area contributed by atoms with Crippen molar-refractivity contribution in [3.63, 3.8) is 0 Å². The first-order valence-corrected chi connectivity index (χ1v) is 9.03. The number of amides is 1. The van der Waals surface area contributed by atoms with E-state index in [1.54, 1.807) is 10.9 Å². The lowest BCUT2D eigenvalue weighted by molar-refractivity contribution is -0.137. The smallest absolute Gasteiger partial charge is 0.335 e. The number of hydrogen-bond acceptors (Lipinski definition) is 5. The number of rotatable bonds is 6. The molecule has 0 bridgehead atoms. The Kier molecular flexibility index (Phi) is 4.84. The molecule has 0 saturated carbocycles. The summed E-state index contributed by atoms with van der Waals surface area (Å²) in [5.74, 6) is -0.879. The van der Waals surface area contributed by atoms with Crippen LogP contribution in [0.1, 0.15) is 28.4 Å². The minimum absolute atomic E-state index is 0.0737. The van der Waals surface area contributed by atoms with E-state index in [2.05, 4.69) is 15.3 Å². The molecule has 1 aromatic carbocycles. The van der Waals surface area contributed by atoms with E-state index in [0.29, 0.717) is 30.9 Å². The number of aromatic nitrogens is 4. The van der Waals surface area contributed by atoms with Crippen LogP contribution in [0.15, 0.2) is 54.9 Å². The molecule has 8 heteroatoms. The van der Waals surface area contributed by atoms with E-state index in [0.717, 1.165) is 12.0 Å². The zero-order valence-electron chi connectivity index (χ0n) is 15.1. The maximum Gasteiger partial charge on any atom is 0.335 e. The summed E-state index contributed by atoms with van der Waals surface area (Å²) in [6.45, 7) is 1.19. The lowest BCUT2D eigenvalue weighted by Gasteiger charge is -2.39. The van der Waals surface area contributed by atoms with E-state index in [1.807, 2.05) is 35.2 Å². The molecule has 2 aromatic heterocycles. The number of likely N-dealkylation sites (tertiary alicyclic amines) is 1. The molecule has 28 heavy (non-hydrogen) atoms. The highest BCUT2D eigenvalue weighted by molar-refractivity contribution is 5.88. The van der Waals surface area contributed by atoms with Gasteiger partial charge in [0.2, 0.25) is 5.91 Å². The maximum absolute atomic E-state index is 12.3. The van der Waals surface area contributed by atoms with Crippen LogP contribution in [0.25, 0.3) is 11.4 Å². The van der Waals surface area contributed by atoms with Crippen LogP contribution in [-0.4, -0.2) is 55.0 Å². The fraction of sp³-hybridized carbons (Fsp3) is 0.250. The van der Waals surface area contributed by atoms with Crippen molar-refractivity contribution in [1.29, 1.82) is 0 Å². The van der Waals surface area contributed by atoms with Crippen molar-refractivity contribution in [2.75, 3.05) is 13.1 Å². The second-order valence-electron chi connectivity index (χ2n) is 6.76. The number of carbonyl (C=O) groups is 2. The van der Waals surface area contributed by atoms with Crippen molar-refractivity contribution in [3.05, 3.63) is 66.0 Å². The molecule has 4 rings (SSSR count). The molecule has 3 aromatic rings.